The summed E-state index contributed by atoms with van der Waals surface area (Å²) in [5.41, 5.74) is 1.56. The zero-order valence-corrected chi connectivity index (χ0v) is 19.7. The van der Waals surface area contributed by atoms with Gasteiger partial charge in [-0.05, 0) is 42.3 Å². The van der Waals surface area contributed by atoms with E-state index in [0.717, 1.165) is 5.56 Å². The molecule has 0 radical (unpaired) electrons. The lowest BCUT2D eigenvalue weighted by Gasteiger charge is -2.14. The van der Waals surface area contributed by atoms with Crippen molar-refractivity contribution in [3.8, 4) is 17.2 Å². The van der Waals surface area contributed by atoms with Crippen molar-refractivity contribution in [1.29, 1.82) is 0 Å². The fourth-order valence-electron chi connectivity index (χ4n) is 2.77. The molecule has 11 nitrogen and oxygen atoms in total. The van der Waals surface area contributed by atoms with E-state index in [4.69, 9.17) is 33.2 Å². The molecule has 0 saturated carbocycles. The minimum atomic E-state index is -0.860. The Bertz CT molecular complexity index is 861. The first kappa shape index (κ1) is 26.9. The van der Waals surface area contributed by atoms with Crippen LogP contribution in [-0.4, -0.2) is 67.2 Å². The van der Waals surface area contributed by atoms with Crippen LogP contribution in [0.5, 0.6) is 17.2 Å². The maximum absolute atomic E-state index is 12.5. The summed E-state index contributed by atoms with van der Waals surface area (Å²) in [6.07, 6.45) is 0.549. The first-order valence-corrected chi connectivity index (χ1v) is 10.3. The molecule has 2 rings (SSSR count). The van der Waals surface area contributed by atoms with Crippen molar-refractivity contribution in [1.82, 2.24) is 0 Å². The molecule has 0 aromatic heterocycles. The number of anilines is 2. The van der Waals surface area contributed by atoms with E-state index in [1.165, 1.54) is 27.4 Å². The minimum absolute atomic E-state index is 0.0130. The molecule has 0 aliphatic rings. The Hall–Kier alpha value is -3.38. The predicted molar refractivity (Wildman–Crippen MR) is 123 cm³/mol. The fraction of sp³-hybridized carbons (Fsp3) is 0.391. The van der Waals surface area contributed by atoms with Gasteiger partial charge in [-0.25, -0.2) is 0 Å². The van der Waals surface area contributed by atoms with Gasteiger partial charge in [0.15, 0.2) is 31.9 Å². The van der Waals surface area contributed by atoms with Crippen molar-refractivity contribution in [2.24, 2.45) is 0 Å². The van der Waals surface area contributed by atoms with Gasteiger partial charge in [0.25, 0.3) is 0 Å². The van der Waals surface area contributed by atoms with Gasteiger partial charge in [-0.3, -0.25) is 9.59 Å². The Balaban J connectivity index is 2.08. The summed E-state index contributed by atoms with van der Waals surface area (Å²) < 4.78 is 36.3. The van der Waals surface area contributed by atoms with E-state index >= 15 is 0 Å². The van der Waals surface area contributed by atoms with E-state index in [-0.39, 0.29) is 20.4 Å². The van der Waals surface area contributed by atoms with Gasteiger partial charge >= 0.3 is 11.8 Å². The van der Waals surface area contributed by atoms with E-state index in [2.05, 4.69) is 10.6 Å². The van der Waals surface area contributed by atoms with Crippen molar-refractivity contribution in [2.45, 2.75) is 6.42 Å². The highest BCUT2D eigenvalue weighted by atomic mass is 16.7. The Morgan fingerprint density at radius 1 is 0.647 bits per heavy atom. The van der Waals surface area contributed by atoms with Gasteiger partial charge in [0.05, 0.1) is 6.61 Å². The maximum Gasteiger partial charge on any atom is 0.314 e. The van der Waals surface area contributed by atoms with Gasteiger partial charge in [-0.1, -0.05) is 0 Å². The molecular weight excluding hydrogens is 448 g/mol. The third-order valence-corrected chi connectivity index (χ3v) is 4.30. The van der Waals surface area contributed by atoms with Gasteiger partial charge in [-0.2, -0.15) is 0 Å². The number of ether oxygens (including phenoxy) is 7. The number of rotatable bonds is 14. The fourth-order valence-corrected chi connectivity index (χ4v) is 2.77. The van der Waals surface area contributed by atoms with E-state index in [1.807, 2.05) is 0 Å². The normalized spacial score (nSPS) is 10.5. The molecule has 0 bridgehead atoms. The zero-order valence-electron chi connectivity index (χ0n) is 19.7. The molecule has 0 atom stereocenters. The highest BCUT2D eigenvalue weighted by Gasteiger charge is 2.17. The Morgan fingerprint density at radius 3 is 1.71 bits per heavy atom. The van der Waals surface area contributed by atoms with Crippen LogP contribution < -0.4 is 24.8 Å². The molecule has 34 heavy (non-hydrogen) atoms. The molecule has 0 spiro atoms. The van der Waals surface area contributed by atoms with Crippen LogP contribution in [0, 0.1) is 0 Å². The van der Waals surface area contributed by atoms with Crippen LogP contribution >= 0.6 is 0 Å². The van der Waals surface area contributed by atoms with Crippen LogP contribution in [0.1, 0.15) is 5.56 Å². The van der Waals surface area contributed by atoms with Gasteiger partial charge in [0.1, 0.15) is 5.75 Å². The molecule has 2 amide bonds. The summed E-state index contributed by atoms with van der Waals surface area (Å²) >= 11 is 0. The monoisotopic (exact) mass is 478 g/mol. The molecule has 0 saturated heterocycles. The number of carbonyl (C=O) groups excluding carboxylic acids is 2. The SMILES string of the molecule is COCCc1cc(NC(=O)C(=O)Nc2ccc(OCOC)c(OCOC)c2)ccc1OCOC. The van der Waals surface area contributed by atoms with E-state index in [1.54, 1.807) is 37.4 Å². The number of carbonyl (C=O) groups is 2. The second kappa shape index (κ2) is 14.7. The summed E-state index contributed by atoms with van der Waals surface area (Å²) in [6, 6.07) is 9.70. The van der Waals surface area contributed by atoms with Crippen LogP contribution in [0.3, 0.4) is 0 Å². The minimum Gasteiger partial charge on any atom is -0.467 e. The Kier molecular flexibility index (Phi) is 11.6. The molecule has 11 heteroatoms. The number of benzene rings is 2. The Morgan fingerprint density at radius 2 is 1.15 bits per heavy atom. The number of hydrogen-bond acceptors (Lipinski definition) is 9. The van der Waals surface area contributed by atoms with Gasteiger partial charge in [0.2, 0.25) is 0 Å². The van der Waals surface area contributed by atoms with Crippen molar-refractivity contribution in [3.05, 3.63) is 42.0 Å². The summed E-state index contributed by atoms with van der Waals surface area (Å²) in [5.74, 6) is -0.406. The maximum atomic E-state index is 12.5. The van der Waals surface area contributed by atoms with Crippen LogP contribution in [-0.2, 0) is 35.0 Å². The quantitative estimate of drug-likeness (QED) is 0.311. The number of nitrogens with one attached hydrogen (secondary N) is 2. The number of amides is 2. The first-order valence-electron chi connectivity index (χ1n) is 10.3. The molecule has 2 aromatic carbocycles. The summed E-state index contributed by atoms with van der Waals surface area (Å²) in [7, 11) is 6.08. The summed E-state index contributed by atoms with van der Waals surface area (Å²) in [5, 5.41) is 5.11. The molecular formula is C23H30N2O9. The second-order valence-electron chi connectivity index (χ2n) is 6.79. The van der Waals surface area contributed by atoms with Gasteiger partial charge in [-0.15, -0.1) is 0 Å². The molecule has 0 unspecified atom stereocenters. The van der Waals surface area contributed by atoms with Crippen molar-refractivity contribution in [2.75, 3.05) is 66.1 Å². The predicted octanol–water partition coefficient (Wildman–Crippen LogP) is 2.40. The van der Waals surface area contributed by atoms with Gasteiger partial charge in [0, 0.05) is 45.9 Å². The third-order valence-electron chi connectivity index (χ3n) is 4.30. The van der Waals surface area contributed by atoms with E-state index in [9.17, 15) is 9.59 Å². The van der Waals surface area contributed by atoms with Crippen molar-refractivity contribution >= 4 is 23.2 Å². The largest absolute Gasteiger partial charge is 0.467 e. The topological polar surface area (TPSA) is 123 Å². The first-order chi connectivity index (χ1) is 16.5. The highest BCUT2D eigenvalue weighted by Crippen LogP contribution is 2.31. The molecule has 0 aliphatic heterocycles. The van der Waals surface area contributed by atoms with Crippen molar-refractivity contribution in [3.63, 3.8) is 0 Å². The molecule has 0 heterocycles. The van der Waals surface area contributed by atoms with E-state index in [0.29, 0.717) is 41.7 Å². The van der Waals surface area contributed by atoms with E-state index < -0.39 is 11.8 Å². The van der Waals surface area contributed by atoms with Crippen LogP contribution in [0.2, 0.25) is 0 Å². The van der Waals surface area contributed by atoms with Crippen LogP contribution in [0.25, 0.3) is 0 Å². The Labute approximate surface area is 198 Å². The smallest absolute Gasteiger partial charge is 0.314 e. The second-order valence-corrected chi connectivity index (χ2v) is 6.79. The standard InChI is InChI=1S/C23H30N2O9/c1-28-10-9-16-11-17(5-7-19(16)32-13-29-2)24-22(26)23(27)25-18-6-8-20(33-14-30-3)21(12-18)34-15-31-4/h5-8,11-12H,9-10,13-15H2,1-4H3,(H,24,26)(H,25,27). The lowest BCUT2D eigenvalue weighted by molar-refractivity contribution is -0.133. The third kappa shape index (κ3) is 8.52. The highest BCUT2D eigenvalue weighted by molar-refractivity contribution is 6.43. The average molecular weight is 478 g/mol. The average Bonchev–Trinajstić information content (AvgIpc) is 2.84. The zero-order chi connectivity index (χ0) is 24.8. The van der Waals surface area contributed by atoms with Crippen LogP contribution in [0.4, 0.5) is 11.4 Å². The lowest BCUT2D eigenvalue weighted by Crippen LogP contribution is -2.29. The summed E-state index contributed by atoms with van der Waals surface area (Å²) in [6.45, 7) is 0.522. The summed E-state index contributed by atoms with van der Waals surface area (Å²) in [4.78, 5) is 24.9. The molecule has 186 valence electrons. The molecule has 0 fully saturated rings. The van der Waals surface area contributed by atoms with Crippen molar-refractivity contribution < 1.29 is 42.7 Å². The van der Waals surface area contributed by atoms with Gasteiger partial charge < -0.3 is 43.8 Å². The number of methoxy groups -OCH3 is 4. The molecule has 0 aliphatic carbocycles. The number of hydrogen-bond donors (Lipinski definition) is 2. The molecule has 2 aromatic rings. The lowest BCUT2D eigenvalue weighted by atomic mass is 10.1. The molecule has 2 N–H and O–H groups in total. The van der Waals surface area contributed by atoms with Crippen LogP contribution in [0.15, 0.2) is 36.4 Å².